The first-order valence-electron chi connectivity index (χ1n) is 10.6. The zero-order chi connectivity index (χ0) is 24.0. The fourth-order valence-corrected chi connectivity index (χ4v) is 4.28. The van der Waals surface area contributed by atoms with Gasteiger partial charge in [-0.2, -0.15) is 0 Å². The maximum Gasteiger partial charge on any atom is 0.262 e. The van der Waals surface area contributed by atoms with Crippen molar-refractivity contribution in [3.05, 3.63) is 78.1 Å². The van der Waals surface area contributed by atoms with Crippen molar-refractivity contribution in [1.82, 2.24) is 5.32 Å². The second-order valence-corrected chi connectivity index (χ2v) is 9.06. The minimum absolute atomic E-state index is 0.0356. The van der Waals surface area contributed by atoms with Crippen LogP contribution in [0.1, 0.15) is 16.8 Å². The number of nitrogens with one attached hydrogen (secondary N) is 2. The normalized spacial score (nSPS) is 13.0. The molecule has 2 N–H and O–H groups in total. The molecular weight excluding hydrogens is 463 g/mol. The lowest BCUT2D eigenvalue weighted by molar-refractivity contribution is 0.0946. The highest BCUT2D eigenvalue weighted by atomic mass is 32.2. The average molecular weight is 487 g/mol. The summed E-state index contributed by atoms with van der Waals surface area (Å²) in [6.07, 6.45) is 0.716. The smallest absolute Gasteiger partial charge is 0.262 e. The molecule has 0 radical (unpaired) electrons. The molecule has 3 aromatic rings. The van der Waals surface area contributed by atoms with Crippen LogP contribution < -0.4 is 24.2 Å². The molecular formula is C24H23FN2O6S. The summed E-state index contributed by atoms with van der Waals surface area (Å²) >= 11 is 0. The third kappa shape index (κ3) is 5.76. The summed E-state index contributed by atoms with van der Waals surface area (Å²) in [4.78, 5) is 12.3. The average Bonchev–Trinajstić information content (AvgIpc) is 3.08. The monoisotopic (exact) mass is 486 g/mol. The van der Waals surface area contributed by atoms with Gasteiger partial charge in [-0.15, -0.1) is 0 Å². The standard InChI is InChI=1S/C24H23FN2O6S/c25-20-4-1-2-5-21(20)33-15-12-26-24(28)17-6-8-18(9-7-17)27-34(29,30)19-10-11-22-23(16-19)32-14-3-13-31-22/h1-2,4-11,16,27H,3,12-15H2,(H,26,28). The number of hydrogen-bond donors (Lipinski definition) is 2. The van der Waals surface area contributed by atoms with Gasteiger partial charge in [0.15, 0.2) is 23.1 Å². The van der Waals surface area contributed by atoms with Crippen molar-refractivity contribution in [3.63, 3.8) is 0 Å². The van der Waals surface area contributed by atoms with E-state index in [-0.39, 0.29) is 29.7 Å². The van der Waals surface area contributed by atoms with Crippen LogP contribution in [0.4, 0.5) is 10.1 Å². The lowest BCUT2D eigenvalue weighted by Crippen LogP contribution is -2.28. The lowest BCUT2D eigenvalue weighted by atomic mass is 10.2. The van der Waals surface area contributed by atoms with Gasteiger partial charge in [0.25, 0.3) is 15.9 Å². The number of ether oxygens (including phenoxy) is 3. The maximum atomic E-state index is 13.5. The SMILES string of the molecule is O=C(NCCOc1ccccc1F)c1ccc(NS(=O)(=O)c2ccc3c(c2)OCCCO3)cc1. The second kappa shape index (κ2) is 10.4. The number of hydrogen-bond acceptors (Lipinski definition) is 6. The van der Waals surface area contributed by atoms with Crippen LogP contribution in [0.25, 0.3) is 0 Å². The molecule has 1 aliphatic rings. The Bertz CT molecular complexity index is 1260. The molecule has 1 amide bonds. The second-order valence-electron chi connectivity index (χ2n) is 7.38. The number of sulfonamides is 1. The number of halogens is 1. The van der Waals surface area contributed by atoms with E-state index in [4.69, 9.17) is 14.2 Å². The molecule has 178 valence electrons. The van der Waals surface area contributed by atoms with Gasteiger partial charge in [0.2, 0.25) is 0 Å². The summed E-state index contributed by atoms with van der Waals surface area (Å²) in [5.41, 5.74) is 0.635. The fourth-order valence-electron chi connectivity index (χ4n) is 3.20. The summed E-state index contributed by atoms with van der Waals surface area (Å²) in [5, 5.41) is 2.67. The number of para-hydroxylation sites is 1. The molecule has 4 rings (SSSR count). The number of carbonyl (C=O) groups is 1. The molecule has 0 saturated heterocycles. The van der Waals surface area contributed by atoms with Crippen LogP contribution in [0.2, 0.25) is 0 Å². The predicted molar refractivity (Wildman–Crippen MR) is 124 cm³/mol. The van der Waals surface area contributed by atoms with E-state index in [0.717, 1.165) is 0 Å². The van der Waals surface area contributed by atoms with Crippen molar-refractivity contribution in [2.24, 2.45) is 0 Å². The van der Waals surface area contributed by atoms with E-state index >= 15 is 0 Å². The molecule has 0 aliphatic carbocycles. The topological polar surface area (TPSA) is 103 Å². The number of anilines is 1. The molecule has 0 atom stereocenters. The molecule has 0 aromatic heterocycles. The molecule has 0 fully saturated rings. The third-order valence-corrected chi connectivity index (χ3v) is 6.29. The third-order valence-electron chi connectivity index (χ3n) is 4.91. The zero-order valence-electron chi connectivity index (χ0n) is 18.1. The van der Waals surface area contributed by atoms with Gasteiger partial charge >= 0.3 is 0 Å². The number of amides is 1. The Morgan fingerprint density at radius 3 is 2.47 bits per heavy atom. The minimum Gasteiger partial charge on any atom is -0.490 e. The van der Waals surface area contributed by atoms with Crippen LogP contribution in [0.3, 0.4) is 0 Å². The molecule has 1 aliphatic heterocycles. The Morgan fingerprint density at radius 1 is 0.971 bits per heavy atom. The highest BCUT2D eigenvalue weighted by Crippen LogP contribution is 2.32. The molecule has 34 heavy (non-hydrogen) atoms. The Hall–Kier alpha value is -3.79. The highest BCUT2D eigenvalue weighted by molar-refractivity contribution is 7.92. The number of benzene rings is 3. The van der Waals surface area contributed by atoms with E-state index in [0.29, 0.717) is 42.4 Å². The molecule has 1 heterocycles. The van der Waals surface area contributed by atoms with E-state index in [2.05, 4.69) is 10.0 Å². The van der Waals surface area contributed by atoms with Gasteiger partial charge in [-0.25, -0.2) is 12.8 Å². The summed E-state index contributed by atoms with van der Waals surface area (Å²) in [7, 11) is -3.87. The Balaban J connectivity index is 1.32. The van der Waals surface area contributed by atoms with Crippen molar-refractivity contribution in [2.75, 3.05) is 31.1 Å². The van der Waals surface area contributed by atoms with Gasteiger partial charge in [0, 0.05) is 23.7 Å². The van der Waals surface area contributed by atoms with E-state index in [9.17, 15) is 17.6 Å². The Labute approximate surface area is 196 Å². The van der Waals surface area contributed by atoms with Crippen molar-refractivity contribution in [1.29, 1.82) is 0 Å². The molecule has 0 unspecified atom stereocenters. The Kier molecular flexibility index (Phi) is 7.17. The number of fused-ring (bicyclic) bond motifs is 1. The molecule has 0 spiro atoms. The molecule has 0 saturated carbocycles. The first kappa shape index (κ1) is 23.4. The van der Waals surface area contributed by atoms with Crippen molar-refractivity contribution in [2.45, 2.75) is 11.3 Å². The number of rotatable bonds is 8. The van der Waals surface area contributed by atoms with Gasteiger partial charge in [0.05, 0.1) is 24.7 Å². The van der Waals surface area contributed by atoms with Crippen molar-refractivity contribution >= 4 is 21.6 Å². The van der Waals surface area contributed by atoms with Gasteiger partial charge in [-0.3, -0.25) is 9.52 Å². The number of carbonyl (C=O) groups excluding carboxylic acids is 1. The van der Waals surface area contributed by atoms with Crippen LogP contribution in [-0.2, 0) is 10.0 Å². The van der Waals surface area contributed by atoms with Crippen LogP contribution >= 0.6 is 0 Å². The summed E-state index contributed by atoms with van der Waals surface area (Å²) in [6.45, 7) is 1.23. The zero-order valence-corrected chi connectivity index (χ0v) is 18.9. The van der Waals surface area contributed by atoms with Gasteiger partial charge in [0.1, 0.15) is 6.61 Å². The first-order valence-corrected chi connectivity index (χ1v) is 12.1. The van der Waals surface area contributed by atoms with Crippen molar-refractivity contribution < 1.29 is 31.8 Å². The Morgan fingerprint density at radius 2 is 1.71 bits per heavy atom. The quantitative estimate of drug-likeness (QED) is 0.472. The lowest BCUT2D eigenvalue weighted by Gasteiger charge is -2.12. The van der Waals surface area contributed by atoms with Gasteiger partial charge in [-0.05, 0) is 48.5 Å². The van der Waals surface area contributed by atoms with Crippen LogP contribution in [0, 0.1) is 5.82 Å². The summed E-state index contributed by atoms with van der Waals surface area (Å²) < 4.78 is 58.0. The summed E-state index contributed by atoms with van der Waals surface area (Å²) in [5.74, 6) is 0.160. The van der Waals surface area contributed by atoms with Gasteiger partial charge < -0.3 is 19.5 Å². The molecule has 3 aromatic carbocycles. The largest absolute Gasteiger partial charge is 0.490 e. The van der Waals surface area contributed by atoms with E-state index in [1.807, 2.05) is 0 Å². The first-order chi connectivity index (χ1) is 16.4. The van der Waals surface area contributed by atoms with Crippen LogP contribution in [-0.4, -0.2) is 40.7 Å². The highest BCUT2D eigenvalue weighted by Gasteiger charge is 2.19. The van der Waals surface area contributed by atoms with Gasteiger partial charge in [-0.1, -0.05) is 12.1 Å². The van der Waals surface area contributed by atoms with E-state index in [1.54, 1.807) is 18.2 Å². The minimum atomic E-state index is -3.87. The molecule has 8 nitrogen and oxygen atoms in total. The predicted octanol–water partition coefficient (Wildman–Crippen LogP) is 3.60. The fraction of sp³-hybridized carbons (Fsp3) is 0.208. The van der Waals surface area contributed by atoms with Crippen LogP contribution in [0.5, 0.6) is 17.2 Å². The van der Waals surface area contributed by atoms with Crippen LogP contribution in [0.15, 0.2) is 71.6 Å². The maximum absolute atomic E-state index is 13.5. The molecule has 0 bridgehead atoms. The molecule has 10 heteroatoms. The van der Waals surface area contributed by atoms with E-state index in [1.165, 1.54) is 48.5 Å². The van der Waals surface area contributed by atoms with E-state index < -0.39 is 15.8 Å². The summed E-state index contributed by atoms with van der Waals surface area (Å²) in [6, 6.07) is 16.4. The van der Waals surface area contributed by atoms with Crippen molar-refractivity contribution in [3.8, 4) is 17.2 Å².